The number of anilines is 2. The number of esters is 1. The molecule has 3 amide bonds. The highest BCUT2D eigenvalue weighted by molar-refractivity contribution is 8.00. The first-order valence-corrected chi connectivity index (χ1v) is 18.8. The standard InChI is InChI=1S/C41H37FN4O5S2/c1-2-51-41(50)37-32-20-21-46(24-27-12-5-3-6-13-27)25-35(32)53-40(37)45-36(47)26-52-31-18-11-17-30(23-31)43-39(49)34(22-29-16-9-10-19-33(29)42)44-38(48)28-14-7-4-8-15-28/h3-19,22-23H,2,20-21,24-26H2,1H3,(H,43,49)(H,44,48)(H,45,47)/b34-22-. The number of ether oxygens (including phenoxy) is 1. The SMILES string of the molecule is CCOC(=O)c1c(NC(=O)CSc2cccc(NC(=O)/C(=C/c3ccccc3F)NC(=O)c3ccccc3)c2)sc2c1CCN(Cc1ccccc1)C2. The van der Waals surface area contributed by atoms with E-state index in [0.29, 0.717) is 39.7 Å². The molecule has 5 aromatic rings. The van der Waals surface area contributed by atoms with Gasteiger partial charge in [0.2, 0.25) is 5.91 Å². The topological polar surface area (TPSA) is 117 Å². The Bertz CT molecular complexity index is 2140. The molecule has 4 aromatic carbocycles. The lowest BCUT2D eigenvalue weighted by Crippen LogP contribution is -2.30. The normalized spacial score (nSPS) is 12.8. The molecule has 0 bridgehead atoms. The Balaban J connectivity index is 1.12. The average molecular weight is 749 g/mol. The summed E-state index contributed by atoms with van der Waals surface area (Å²) >= 11 is 2.66. The lowest BCUT2D eigenvalue weighted by molar-refractivity contribution is -0.114. The number of hydrogen-bond acceptors (Lipinski definition) is 8. The minimum absolute atomic E-state index is 0.0356. The number of carbonyl (C=O) groups is 4. The quantitative estimate of drug-likeness (QED) is 0.0641. The summed E-state index contributed by atoms with van der Waals surface area (Å²) in [7, 11) is 0. The second kappa shape index (κ2) is 17.8. The van der Waals surface area contributed by atoms with Crippen molar-refractivity contribution in [2.24, 2.45) is 0 Å². The van der Waals surface area contributed by atoms with Gasteiger partial charge in [0, 0.05) is 46.2 Å². The van der Waals surface area contributed by atoms with E-state index >= 15 is 0 Å². The number of benzene rings is 4. The predicted octanol–water partition coefficient (Wildman–Crippen LogP) is 7.76. The van der Waals surface area contributed by atoms with Crippen LogP contribution in [0.15, 0.2) is 120 Å². The Labute approximate surface area is 315 Å². The van der Waals surface area contributed by atoms with Gasteiger partial charge in [-0.05, 0) is 66.9 Å². The van der Waals surface area contributed by atoms with Crippen molar-refractivity contribution in [3.63, 3.8) is 0 Å². The largest absolute Gasteiger partial charge is 0.462 e. The molecule has 0 saturated carbocycles. The molecule has 3 N–H and O–H groups in total. The molecule has 0 saturated heterocycles. The van der Waals surface area contributed by atoms with E-state index < -0.39 is 23.6 Å². The molecular weight excluding hydrogens is 712 g/mol. The molecule has 6 rings (SSSR count). The Hall–Kier alpha value is -5.56. The molecule has 1 aromatic heterocycles. The number of thiophene rings is 1. The van der Waals surface area contributed by atoms with Crippen LogP contribution in [0.2, 0.25) is 0 Å². The molecule has 2 heterocycles. The second-order valence-corrected chi connectivity index (χ2v) is 14.2. The number of thioether (sulfide) groups is 1. The highest BCUT2D eigenvalue weighted by Gasteiger charge is 2.29. The van der Waals surface area contributed by atoms with Crippen molar-refractivity contribution in [2.45, 2.75) is 31.3 Å². The van der Waals surface area contributed by atoms with E-state index in [0.717, 1.165) is 23.5 Å². The van der Waals surface area contributed by atoms with Gasteiger partial charge >= 0.3 is 5.97 Å². The first kappa shape index (κ1) is 37.2. The van der Waals surface area contributed by atoms with Crippen LogP contribution in [0.25, 0.3) is 6.08 Å². The van der Waals surface area contributed by atoms with Crippen molar-refractivity contribution in [2.75, 3.05) is 29.5 Å². The minimum Gasteiger partial charge on any atom is -0.462 e. The first-order chi connectivity index (χ1) is 25.8. The molecule has 53 heavy (non-hydrogen) atoms. The van der Waals surface area contributed by atoms with Gasteiger partial charge in [-0.2, -0.15) is 0 Å². The summed E-state index contributed by atoms with van der Waals surface area (Å²) in [5.74, 6) is -2.45. The second-order valence-electron chi connectivity index (χ2n) is 12.1. The predicted molar refractivity (Wildman–Crippen MR) is 207 cm³/mol. The molecule has 1 aliphatic heterocycles. The maximum atomic E-state index is 14.5. The van der Waals surface area contributed by atoms with Gasteiger partial charge < -0.3 is 20.7 Å². The maximum Gasteiger partial charge on any atom is 0.341 e. The van der Waals surface area contributed by atoms with E-state index in [1.807, 2.05) is 18.2 Å². The minimum atomic E-state index is -0.659. The number of halogens is 1. The Morgan fingerprint density at radius 3 is 2.40 bits per heavy atom. The monoisotopic (exact) mass is 748 g/mol. The highest BCUT2D eigenvalue weighted by Crippen LogP contribution is 2.38. The molecule has 0 atom stereocenters. The Morgan fingerprint density at radius 2 is 1.64 bits per heavy atom. The van der Waals surface area contributed by atoms with Crippen molar-refractivity contribution < 1.29 is 28.3 Å². The van der Waals surface area contributed by atoms with Crippen molar-refractivity contribution in [1.29, 1.82) is 0 Å². The molecule has 9 nitrogen and oxygen atoms in total. The third-order valence-corrected chi connectivity index (χ3v) is 10.4. The first-order valence-electron chi connectivity index (χ1n) is 17.0. The van der Waals surface area contributed by atoms with Crippen LogP contribution in [0, 0.1) is 5.82 Å². The zero-order valence-corrected chi connectivity index (χ0v) is 30.5. The Kier molecular flexibility index (Phi) is 12.5. The van der Waals surface area contributed by atoms with Gasteiger partial charge in [-0.1, -0.05) is 72.8 Å². The number of fused-ring (bicyclic) bond motifs is 1. The van der Waals surface area contributed by atoms with Gasteiger partial charge in [0.05, 0.1) is 17.9 Å². The van der Waals surface area contributed by atoms with Crippen molar-refractivity contribution in [3.8, 4) is 0 Å². The summed E-state index contributed by atoms with van der Waals surface area (Å²) < 4.78 is 19.9. The summed E-state index contributed by atoms with van der Waals surface area (Å²) in [4.78, 5) is 56.8. The Morgan fingerprint density at radius 1 is 0.906 bits per heavy atom. The smallest absolute Gasteiger partial charge is 0.341 e. The van der Waals surface area contributed by atoms with Crippen molar-refractivity contribution >= 4 is 63.6 Å². The fraction of sp³-hybridized carbons (Fsp3) is 0.171. The fourth-order valence-corrected chi connectivity index (χ4v) is 7.85. The van der Waals surface area contributed by atoms with E-state index in [2.05, 4.69) is 33.0 Å². The number of amides is 3. The molecule has 12 heteroatoms. The zero-order valence-electron chi connectivity index (χ0n) is 28.9. The van der Waals surface area contributed by atoms with Gasteiger partial charge in [0.1, 0.15) is 16.5 Å². The van der Waals surface area contributed by atoms with Crippen LogP contribution < -0.4 is 16.0 Å². The summed E-state index contributed by atoms with van der Waals surface area (Å²) in [5, 5.41) is 8.82. The van der Waals surface area contributed by atoms with Crippen LogP contribution in [0.4, 0.5) is 15.1 Å². The number of nitrogens with zero attached hydrogens (tertiary/aromatic N) is 1. The van der Waals surface area contributed by atoms with Gasteiger partial charge in [0.25, 0.3) is 11.8 Å². The fourth-order valence-electron chi connectivity index (χ4n) is 5.80. The van der Waals surface area contributed by atoms with Crippen LogP contribution in [0.1, 0.15) is 49.2 Å². The number of rotatable bonds is 13. The summed E-state index contributed by atoms with van der Waals surface area (Å²) in [5.41, 5.74) is 3.27. The third-order valence-electron chi connectivity index (χ3n) is 8.31. The number of hydrogen-bond donors (Lipinski definition) is 3. The molecule has 0 unspecified atom stereocenters. The lowest BCUT2D eigenvalue weighted by atomic mass is 10.0. The lowest BCUT2D eigenvalue weighted by Gasteiger charge is -2.27. The van der Waals surface area contributed by atoms with Gasteiger partial charge in [-0.3, -0.25) is 19.3 Å². The molecule has 0 aliphatic carbocycles. The van der Waals surface area contributed by atoms with E-state index in [4.69, 9.17) is 4.74 Å². The molecule has 0 fully saturated rings. The molecule has 1 aliphatic rings. The molecular formula is C41H37FN4O5S2. The van der Waals surface area contributed by atoms with E-state index in [9.17, 15) is 23.6 Å². The number of nitrogens with one attached hydrogen (secondary N) is 3. The maximum absolute atomic E-state index is 14.5. The van der Waals surface area contributed by atoms with E-state index in [1.165, 1.54) is 52.9 Å². The molecule has 0 spiro atoms. The van der Waals surface area contributed by atoms with Gasteiger partial charge in [-0.15, -0.1) is 23.1 Å². The van der Waals surface area contributed by atoms with Crippen molar-refractivity contribution in [1.82, 2.24) is 10.2 Å². The highest BCUT2D eigenvalue weighted by atomic mass is 32.2. The van der Waals surface area contributed by atoms with E-state index in [1.54, 1.807) is 67.6 Å². The molecule has 0 radical (unpaired) electrons. The zero-order chi connectivity index (χ0) is 37.2. The van der Waals surface area contributed by atoms with Gasteiger partial charge in [0.15, 0.2) is 0 Å². The summed E-state index contributed by atoms with van der Waals surface area (Å²) in [6.45, 7) is 4.21. The van der Waals surface area contributed by atoms with E-state index in [-0.39, 0.29) is 29.5 Å². The van der Waals surface area contributed by atoms with Crippen LogP contribution in [0.3, 0.4) is 0 Å². The van der Waals surface area contributed by atoms with Crippen LogP contribution in [-0.2, 0) is 33.8 Å². The average Bonchev–Trinajstić information content (AvgIpc) is 3.52. The van der Waals surface area contributed by atoms with Crippen LogP contribution >= 0.6 is 23.1 Å². The van der Waals surface area contributed by atoms with Crippen LogP contribution in [0.5, 0.6) is 0 Å². The molecule has 270 valence electrons. The third kappa shape index (κ3) is 9.86. The summed E-state index contributed by atoms with van der Waals surface area (Å²) in [6, 6.07) is 31.4. The summed E-state index contributed by atoms with van der Waals surface area (Å²) in [6.07, 6.45) is 1.95. The van der Waals surface area contributed by atoms with Gasteiger partial charge in [-0.25, -0.2) is 9.18 Å². The number of carbonyl (C=O) groups excluding carboxylic acids is 4. The van der Waals surface area contributed by atoms with Crippen molar-refractivity contribution in [3.05, 3.63) is 153 Å². The van der Waals surface area contributed by atoms with Crippen LogP contribution in [-0.4, -0.2) is 47.5 Å².